The summed E-state index contributed by atoms with van der Waals surface area (Å²) in [6.45, 7) is 0.476. The number of nitrogens with one attached hydrogen (secondary N) is 1. The summed E-state index contributed by atoms with van der Waals surface area (Å²) in [5.41, 5.74) is 5.94. The maximum absolute atomic E-state index is 13.8. The lowest BCUT2D eigenvalue weighted by Gasteiger charge is -2.26. The lowest BCUT2D eigenvalue weighted by molar-refractivity contribution is 0.0981. The smallest absolute Gasteiger partial charge is 0.260 e. The summed E-state index contributed by atoms with van der Waals surface area (Å²) in [5.74, 6) is 1.34. The molecule has 0 saturated carbocycles. The van der Waals surface area contributed by atoms with Gasteiger partial charge in [-0.2, -0.15) is 0 Å². The summed E-state index contributed by atoms with van der Waals surface area (Å²) >= 11 is 0. The predicted molar refractivity (Wildman–Crippen MR) is 142 cm³/mol. The molecule has 1 N–H and O–H groups in total. The van der Waals surface area contributed by atoms with Crippen LogP contribution in [0.5, 0.6) is 11.5 Å². The molecule has 1 aliphatic heterocycles. The average Bonchev–Trinajstić information content (AvgIpc) is 3.54. The van der Waals surface area contributed by atoms with Crippen molar-refractivity contribution in [3.05, 3.63) is 108 Å². The fourth-order valence-corrected chi connectivity index (χ4v) is 4.78. The van der Waals surface area contributed by atoms with E-state index in [1.807, 2.05) is 65.3 Å². The van der Waals surface area contributed by atoms with E-state index in [2.05, 4.69) is 21.7 Å². The lowest BCUT2D eigenvalue weighted by Crippen LogP contribution is -2.34. The summed E-state index contributed by atoms with van der Waals surface area (Å²) in [6.07, 6.45) is -0.399. The normalized spacial score (nSPS) is 14.3. The Kier molecular flexibility index (Phi) is 5.69. The Hall–Kier alpha value is -4.85. The molecular weight excluding hydrogens is 466 g/mol. The zero-order valence-corrected chi connectivity index (χ0v) is 20.5. The number of carbonyl (C=O) groups excluding carboxylic acids is 1. The van der Waals surface area contributed by atoms with Crippen LogP contribution >= 0.6 is 0 Å². The molecule has 1 amide bonds. The summed E-state index contributed by atoms with van der Waals surface area (Å²) < 4.78 is 12.8. The van der Waals surface area contributed by atoms with Gasteiger partial charge in [-0.3, -0.25) is 9.69 Å². The van der Waals surface area contributed by atoms with E-state index in [1.54, 1.807) is 43.4 Å². The number of fused-ring (bicyclic) bond motifs is 2. The first-order valence-electron chi connectivity index (χ1n) is 11.9. The van der Waals surface area contributed by atoms with Gasteiger partial charge in [0, 0.05) is 11.1 Å². The van der Waals surface area contributed by atoms with Gasteiger partial charge in [0.25, 0.3) is 5.91 Å². The standard InChI is InChI=1S/C29H25N5O3/c1-36-22-14-11-19(12-15-22)29(35)34-26-10-6-3-7-23(26)30-28(34)20-13-16-27(37-2)21(17-20)18-33-25-9-5-4-8-24(25)31-32-33/h3-17,28,30H,18H2,1-2H3. The van der Waals surface area contributed by atoms with Crippen molar-refractivity contribution in [2.24, 2.45) is 0 Å². The third-order valence-corrected chi connectivity index (χ3v) is 6.63. The van der Waals surface area contributed by atoms with Crippen molar-refractivity contribution in [3.63, 3.8) is 0 Å². The van der Waals surface area contributed by atoms with Crippen molar-refractivity contribution in [1.82, 2.24) is 15.0 Å². The van der Waals surface area contributed by atoms with Gasteiger partial charge in [-0.1, -0.05) is 35.5 Å². The number of amides is 1. The van der Waals surface area contributed by atoms with Crippen molar-refractivity contribution in [2.45, 2.75) is 12.7 Å². The van der Waals surface area contributed by atoms with Crippen molar-refractivity contribution in [1.29, 1.82) is 0 Å². The van der Waals surface area contributed by atoms with Gasteiger partial charge in [-0.15, -0.1) is 5.10 Å². The molecular formula is C29H25N5O3. The molecule has 1 atom stereocenters. The number of aromatic nitrogens is 3. The molecule has 0 radical (unpaired) electrons. The number of anilines is 2. The van der Waals surface area contributed by atoms with Gasteiger partial charge < -0.3 is 14.8 Å². The molecule has 8 nitrogen and oxygen atoms in total. The first-order valence-corrected chi connectivity index (χ1v) is 11.9. The van der Waals surface area contributed by atoms with Crippen LogP contribution in [-0.4, -0.2) is 35.1 Å². The Labute approximate surface area is 214 Å². The minimum Gasteiger partial charge on any atom is -0.497 e. The monoisotopic (exact) mass is 491 g/mol. The third-order valence-electron chi connectivity index (χ3n) is 6.63. The largest absolute Gasteiger partial charge is 0.497 e. The quantitative estimate of drug-likeness (QED) is 0.349. The molecule has 4 aromatic carbocycles. The topological polar surface area (TPSA) is 81.5 Å². The van der Waals surface area contributed by atoms with Crippen LogP contribution in [0.25, 0.3) is 11.0 Å². The maximum Gasteiger partial charge on any atom is 0.260 e. The third kappa shape index (κ3) is 4.02. The van der Waals surface area contributed by atoms with Crippen LogP contribution in [0.15, 0.2) is 91.0 Å². The fourth-order valence-electron chi connectivity index (χ4n) is 4.78. The number of methoxy groups -OCH3 is 2. The molecule has 184 valence electrons. The van der Waals surface area contributed by atoms with Gasteiger partial charge in [0.15, 0.2) is 0 Å². The van der Waals surface area contributed by atoms with Gasteiger partial charge in [-0.05, 0) is 66.2 Å². The molecule has 1 aromatic heterocycles. The first-order chi connectivity index (χ1) is 18.2. The van der Waals surface area contributed by atoms with E-state index in [0.717, 1.165) is 39.3 Å². The van der Waals surface area contributed by atoms with E-state index >= 15 is 0 Å². The number of ether oxygens (including phenoxy) is 2. The zero-order chi connectivity index (χ0) is 25.4. The number of hydrogen-bond donors (Lipinski definition) is 1. The van der Waals surface area contributed by atoms with Crippen molar-refractivity contribution >= 4 is 28.3 Å². The van der Waals surface area contributed by atoms with Gasteiger partial charge >= 0.3 is 0 Å². The van der Waals surface area contributed by atoms with Crippen LogP contribution in [0.3, 0.4) is 0 Å². The molecule has 2 heterocycles. The summed E-state index contributed by atoms with van der Waals surface area (Å²) in [4.78, 5) is 15.6. The number of nitrogens with zero attached hydrogens (tertiary/aromatic N) is 4. The van der Waals surface area contributed by atoms with Crippen LogP contribution < -0.4 is 19.7 Å². The second kappa shape index (κ2) is 9.31. The number of carbonyl (C=O) groups is 1. The lowest BCUT2D eigenvalue weighted by atomic mass is 10.1. The van der Waals surface area contributed by atoms with Crippen LogP contribution in [0.2, 0.25) is 0 Å². The fraction of sp³-hybridized carbons (Fsp3) is 0.138. The second-order valence-corrected chi connectivity index (χ2v) is 8.77. The molecule has 6 rings (SSSR count). The van der Waals surface area contributed by atoms with E-state index in [4.69, 9.17) is 9.47 Å². The van der Waals surface area contributed by atoms with E-state index in [9.17, 15) is 4.79 Å². The van der Waals surface area contributed by atoms with Crippen LogP contribution in [0, 0.1) is 0 Å². The number of benzene rings is 4. The Bertz CT molecular complexity index is 1600. The number of para-hydroxylation sites is 3. The average molecular weight is 492 g/mol. The van der Waals surface area contributed by atoms with E-state index < -0.39 is 6.17 Å². The van der Waals surface area contributed by atoms with Crippen LogP contribution in [0.4, 0.5) is 11.4 Å². The van der Waals surface area contributed by atoms with Crippen molar-refractivity contribution < 1.29 is 14.3 Å². The highest BCUT2D eigenvalue weighted by Gasteiger charge is 2.35. The highest BCUT2D eigenvalue weighted by atomic mass is 16.5. The van der Waals surface area contributed by atoms with Crippen molar-refractivity contribution in [2.75, 3.05) is 24.4 Å². The first kappa shape index (κ1) is 22.6. The van der Waals surface area contributed by atoms with E-state index in [0.29, 0.717) is 17.9 Å². The van der Waals surface area contributed by atoms with E-state index in [1.165, 1.54) is 0 Å². The number of rotatable bonds is 6. The minimum atomic E-state index is -0.399. The second-order valence-electron chi connectivity index (χ2n) is 8.77. The molecule has 1 unspecified atom stereocenters. The Balaban J connectivity index is 1.39. The zero-order valence-electron chi connectivity index (χ0n) is 20.5. The summed E-state index contributed by atoms with van der Waals surface area (Å²) in [6, 6.07) is 28.8. The Morgan fingerprint density at radius 3 is 2.51 bits per heavy atom. The van der Waals surface area contributed by atoms with Crippen LogP contribution in [0.1, 0.15) is 27.7 Å². The highest BCUT2D eigenvalue weighted by molar-refractivity contribution is 6.10. The van der Waals surface area contributed by atoms with Gasteiger partial charge in [0.2, 0.25) is 0 Å². The van der Waals surface area contributed by atoms with Gasteiger partial charge in [0.1, 0.15) is 23.2 Å². The van der Waals surface area contributed by atoms with Gasteiger partial charge in [0.05, 0.1) is 37.7 Å². The maximum atomic E-state index is 13.8. The minimum absolute atomic E-state index is 0.107. The van der Waals surface area contributed by atoms with Gasteiger partial charge in [-0.25, -0.2) is 4.68 Å². The Morgan fingerprint density at radius 1 is 0.919 bits per heavy atom. The molecule has 0 saturated heterocycles. The molecule has 0 fully saturated rings. The molecule has 0 aliphatic carbocycles. The molecule has 37 heavy (non-hydrogen) atoms. The molecule has 8 heteroatoms. The molecule has 0 bridgehead atoms. The molecule has 0 spiro atoms. The predicted octanol–water partition coefficient (Wildman–Crippen LogP) is 5.27. The van der Waals surface area contributed by atoms with Crippen LogP contribution in [-0.2, 0) is 6.54 Å². The van der Waals surface area contributed by atoms with Crippen molar-refractivity contribution in [3.8, 4) is 11.5 Å². The summed E-state index contributed by atoms with van der Waals surface area (Å²) in [7, 11) is 3.26. The summed E-state index contributed by atoms with van der Waals surface area (Å²) in [5, 5.41) is 12.2. The molecule has 5 aromatic rings. The van der Waals surface area contributed by atoms with E-state index in [-0.39, 0.29) is 5.91 Å². The highest BCUT2D eigenvalue weighted by Crippen LogP contribution is 2.42. The Morgan fingerprint density at radius 2 is 1.70 bits per heavy atom. The molecule has 1 aliphatic rings. The SMILES string of the molecule is COc1ccc(C(=O)N2c3ccccc3NC2c2ccc(OC)c(Cn3nnc4ccccc43)c2)cc1. The number of hydrogen-bond acceptors (Lipinski definition) is 6.